The molecular weight excluding hydrogens is 238 g/mol. The molecule has 4 heteroatoms. The number of halogens is 1. The fourth-order valence-electron chi connectivity index (χ4n) is 1.88. The maximum absolute atomic E-state index is 11.7. The van der Waals surface area contributed by atoms with Gasteiger partial charge in [-0.15, -0.1) is 0 Å². The van der Waals surface area contributed by atoms with Gasteiger partial charge >= 0.3 is 5.97 Å². The first-order chi connectivity index (χ1) is 8.18. The van der Waals surface area contributed by atoms with E-state index in [1.807, 2.05) is 0 Å². The van der Waals surface area contributed by atoms with Gasteiger partial charge < -0.3 is 10.5 Å². The first-order valence-electron chi connectivity index (χ1n) is 5.89. The maximum atomic E-state index is 11.7. The van der Waals surface area contributed by atoms with Crippen LogP contribution in [0.2, 0.25) is 5.02 Å². The minimum atomic E-state index is -0.387. The Bertz CT molecular complexity index is 416. The van der Waals surface area contributed by atoms with E-state index in [9.17, 15) is 4.79 Å². The summed E-state index contributed by atoms with van der Waals surface area (Å²) in [5.41, 5.74) is 6.38. The molecule has 0 aromatic heterocycles. The molecule has 0 amide bonds. The second kappa shape index (κ2) is 5.41. The molecule has 1 aromatic rings. The van der Waals surface area contributed by atoms with Gasteiger partial charge in [0.15, 0.2) is 0 Å². The van der Waals surface area contributed by atoms with Crippen molar-refractivity contribution in [3.8, 4) is 0 Å². The highest BCUT2D eigenvalue weighted by Gasteiger charge is 2.18. The summed E-state index contributed by atoms with van der Waals surface area (Å²) in [6.45, 7) is 0.467. The largest absolute Gasteiger partial charge is 0.462 e. The number of benzene rings is 1. The molecule has 1 fully saturated rings. The van der Waals surface area contributed by atoms with Gasteiger partial charge in [-0.2, -0.15) is 0 Å². The van der Waals surface area contributed by atoms with Gasteiger partial charge in [-0.05, 0) is 24.5 Å². The Labute approximate surface area is 106 Å². The van der Waals surface area contributed by atoms with Crippen molar-refractivity contribution in [2.45, 2.75) is 25.7 Å². The van der Waals surface area contributed by atoms with E-state index >= 15 is 0 Å². The van der Waals surface area contributed by atoms with Crippen molar-refractivity contribution in [2.75, 3.05) is 12.3 Å². The molecule has 17 heavy (non-hydrogen) atoms. The van der Waals surface area contributed by atoms with Crippen LogP contribution < -0.4 is 5.73 Å². The number of carbonyl (C=O) groups is 1. The molecule has 0 unspecified atom stereocenters. The van der Waals surface area contributed by atoms with Crippen LogP contribution in [0.15, 0.2) is 18.2 Å². The lowest BCUT2D eigenvalue weighted by Crippen LogP contribution is -2.15. The van der Waals surface area contributed by atoms with Crippen molar-refractivity contribution in [1.82, 2.24) is 0 Å². The van der Waals surface area contributed by atoms with Gasteiger partial charge in [-0.1, -0.05) is 36.9 Å². The van der Waals surface area contributed by atoms with Crippen LogP contribution in [-0.2, 0) is 4.74 Å². The smallest absolute Gasteiger partial charge is 0.339 e. The molecule has 0 saturated heterocycles. The fourth-order valence-corrected chi connectivity index (χ4v) is 2.09. The number of hydrogen-bond acceptors (Lipinski definition) is 3. The zero-order valence-electron chi connectivity index (χ0n) is 9.62. The first kappa shape index (κ1) is 12.2. The summed E-state index contributed by atoms with van der Waals surface area (Å²) in [7, 11) is 0. The van der Waals surface area contributed by atoms with Crippen molar-refractivity contribution >= 4 is 23.3 Å². The van der Waals surface area contributed by atoms with E-state index in [1.54, 1.807) is 18.2 Å². The number of carbonyl (C=O) groups excluding carboxylic acids is 1. The molecule has 0 bridgehead atoms. The number of hydrogen-bond donors (Lipinski definition) is 1. The minimum absolute atomic E-state index is 0.279. The second-order valence-electron chi connectivity index (χ2n) is 4.43. The molecule has 0 atom stereocenters. The Morgan fingerprint density at radius 3 is 2.88 bits per heavy atom. The molecule has 1 aliphatic rings. The average molecular weight is 254 g/mol. The van der Waals surface area contributed by atoms with Crippen molar-refractivity contribution in [3.63, 3.8) is 0 Å². The summed E-state index contributed by atoms with van der Waals surface area (Å²) in [6, 6.07) is 4.99. The second-order valence-corrected chi connectivity index (χ2v) is 4.81. The molecule has 0 spiro atoms. The van der Waals surface area contributed by atoms with Crippen LogP contribution in [0.5, 0.6) is 0 Å². The third kappa shape index (κ3) is 2.91. The molecule has 92 valence electrons. The predicted octanol–water partition coefficient (Wildman–Crippen LogP) is 3.27. The topological polar surface area (TPSA) is 52.3 Å². The molecule has 1 aliphatic carbocycles. The lowest BCUT2D eigenvalue weighted by molar-refractivity contribution is 0.0464. The lowest BCUT2D eigenvalue weighted by atomic mass is 9.83. The number of nitrogen functional groups attached to an aromatic ring is 1. The predicted molar refractivity (Wildman–Crippen MR) is 68.1 cm³/mol. The lowest BCUT2D eigenvalue weighted by Gasteiger charge is -2.24. The molecule has 2 N–H and O–H groups in total. The zero-order valence-corrected chi connectivity index (χ0v) is 10.4. The van der Waals surface area contributed by atoms with Crippen molar-refractivity contribution in [3.05, 3.63) is 28.8 Å². The van der Waals surface area contributed by atoms with Crippen LogP contribution in [-0.4, -0.2) is 12.6 Å². The molecule has 1 saturated carbocycles. The summed E-state index contributed by atoms with van der Waals surface area (Å²) in [6.07, 6.45) is 4.78. The average Bonchev–Trinajstić information content (AvgIpc) is 2.25. The van der Waals surface area contributed by atoms with E-state index in [1.165, 1.54) is 19.3 Å². The highest BCUT2D eigenvalue weighted by molar-refractivity contribution is 6.36. The van der Waals surface area contributed by atoms with Gasteiger partial charge in [0, 0.05) is 0 Å². The number of ether oxygens (including phenoxy) is 1. The van der Waals surface area contributed by atoms with Crippen molar-refractivity contribution < 1.29 is 9.53 Å². The zero-order chi connectivity index (χ0) is 12.3. The van der Waals surface area contributed by atoms with Crippen LogP contribution in [0.1, 0.15) is 36.0 Å². The molecular formula is C13H16ClNO2. The van der Waals surface area contributed by atoms with Gasteiger partial charge in [0.2, 0.25) is 0 Å². The van der Waals surface area contributed by atoms with Gasteiger partial charge in [0.1, 0.15) is 0 Å². The van der Waals surface area contributed by atoms with Crippen LogP contribution in [0.25, 0.3) is 0 Å². The summed E-state index contributed by atoms with van der Waals surface area (Å²) in [5, 5.41) is 0.279. The number of esters is 1. The monoisotopic (exact) mass is 253 g/mol. The van der Waals surface area contributed by atoms with E-state index in [0.717, 1.165) is 12.3 Å². The molecule has 0 aliphatic heterocycles. The SMILES string of the molecule is Nc1cccc(C(=O)OCCC2CCC2)c1Cl. The van der Waals surface area contributed by atoms with E-state index in [4.69, 9.17) is 22.1 Å². The Morgan fingerprint density at radius 2 is 2.24 bits per heavy atom. The summed E-state index contributed by atoms with van der Waals surface area (Å²) >= 11 is 5.94. The standard InChI is InChI=1S/C13H16ClNO2/c14-12-10(5-2-6-11(12)15)13(16)17-8-7-9-3-1-4-9/h2,5-6,9H,1,3-4,7-8,15H2. The van der Waals surface area contributed by atoms with Gasteiger partial charge in [-0.3, -0.25) is 0 Å². The third-order valence-corrected chi connectivity index (χ3v) is 3.65. The van der Waals surface area contributed by atoms with Gasteiger partial charge in [0.05, 0.1) is 22.9 Å². The first-order valence-corrected chi connectivity index (χ1v) is 6.27. The molecule has 1 aromatic carbocycles. The van der Waals surface area contributed by atoms with Crippen LogP contribution >= 0.6 is 11.6 Å². The summed E-state index contributed by atoms with van der Waals surface area (Å²) < 4.78 is 5.19. The highest BCUT2D eigenvalue weighted by atomic mass is 35.5. The quantitative estimate of drug-likeness (QED) is 0.662. The molecule has 3 nitrogen and oxygen atoms in total. The number of anilines is 1. The van der Waals surface area contributed by atoms with Gasteiger partial charge in [-0.25, -0.2) is 4.79 Å². The molecule has 0 radical (unpaired) electrons. The van der Waals surface area contributed by atoms with Gasteiger partial charge in [0.25, 0.3) is 0 Å². The fraction of sp³-hybridized carbons (Fsp3) is 0.462. The number of nitrogens with two attached hydrogens (primary N) is 1. The van der Waals surface area contributed by atoms with E-state index in [-0.39, 0.29) is 11.0 Å². The van der Waals surface area contributed by atoms with E-state index < -0.39 is 0 Å². The van der Waals surface area contributed by atoms with Crippen molar-refractivity contribution in [1.29, 1.82) is 0 Å². The summed E-state index contributed by atoms with van der Waals surface area (Å²) in [4.78, 5) is 11.7. The van der Waals surface area contributed by atoms with E-state index in [2.05, 4.69) is 0 Å². The highest BCUT2D eigenvalue weighted by Crippen LogP contribution is 2.29. The van der Waals surface area contributed by atoms with E-state index in [0.29, 0.717) is 17.9 Å². The Hall–Kier alpha value is -1.22. The van der Waals surface area contributed by atoms with Crippen LogP contribution in [0.4, 0.5) is 5.69 Å². The Morgan fingerprint density at radius 1 is 1.47 bits per heavy atom. The number of rotatable bonds is 4. The van der Waals surface area contributed by atoms with Crippen LogP contribution in [0, 0.1) is 5.92 Å². The summed E-state index contributed by atoms with van der Waals surface area (Å²) in [5.74, 6) is 0.348. The maximum Gasteiger partial charge on any atom is 0.339 e. The Kier molecular flexibility index (Phi) is 3.89. The van der Waals surface area contributed by atoms with Crippen LogP contribution in [0.3, 0.4) is 0 Å². The molecule has 0 heterocycles. The minimum Gasteiger partial charge on any atom is -0.462 e. The normalized spacial score (nSPS) is 15.4. The third-order valence-electron chi connectivity index (χ3n) is 3.23. The molecule has 2 rings (SSSR count). The Balaban J connectivity index is 1.87. The van der Waals surface area contributed by atoms with Crippen molar-refractivity contribution in [2.24, 2.45) is 5.92 Å².